The van der Waals surface area contributed by atoms with Crippen LogP contribution in [0.2, 0.25) is 0 Å². The molecule has 1 aromatic carbocycles. The topological polar surface area (TPSA) is 76.9 Å². The molecule has 2 amide bonds. The molecule has 5 heterocycles. The number of rotatable bonds is 4. The van der Waals surface area contributed by atoms with E-state index in [-0.39, 0.29) is 18.1 Å². The molecule has 0 bridgehead atoms. The number of hydrogen-bond donors (Lipinski definition) is 3. The van der Waals surface area contributed by atoms with E-state index < -0.39 is 0 Å². The van der Waals surface area contributed by atoms with Crippen LogP contribution in [0, 0.1) is 13.8 Å². The highest BCUT2D eigenvalue weighted by Gasteiger charge is 2.34. The molecule has 36 heavy (non-hydrogen) atoms. The smallest absolute Gasteiger partial charge is 0.317 e. The van der Waals surface area contributed by atoms with E-state index in [0.29, 0.717) is 6.54 Å². The Balaban J connectivity index is 1.09. The summed E-state index contributed by atoms with van der Waals surface area (Å²) < 4.78 is 2.04. The Kier molecular flexibility index (Phi) is 6.15. The lowest BCUT2D eigenvalue weighted by atomic mass is 9.96. The summed E-state index contributed by atoms with van der Waals surface area (Å²) in [5.41, 5.74) is 15.5. The van der Waals surface area contributed by atoms with Crippen molar-refractivity contribution in [2.24, 2.45) is 0 Å². The summed E-state index contributed by atoms with van der Waals surface area (Å²) in [5, 5.41) is 3.36. The summed E-state index contributed by atoms with van der Waals surface area (Å²) in [6, 6.07) is 10.9. The number of imidazole rings is 1. The van der Waals surface area contributed by atoms with Crippen LogP contribution < -0.4 is 16.2 Å². The van der Waals surface area contributed by atoms with E-state index in [2.05, 4.69) is 70.4 Å². The first-order valence-corrected chi connectivity index (χ1v) is 13.0. The molecule has 2 aromatic heterocycles. The van der Waals surface area contributed by atoms with Crippen molar-refractivity contribution in [3.8, 4) is 0 Å². The van der Waals surface area contributed by atoms with E-state index in [9.17, 15) is 4.79 Å². The van der Waals surface area contributed by atoms with Crippen LogP contribution in [-0.4, -0.2) is 57.4 Å². The van der Waals surface area contributed by atoms with Gasteiger partial charge in [-0.1, -0.05) is 24.3 Å². The number of carbonyl (C=O) groups is 1. The second kappa shape index (κ2) is 9.59. The Morgan fingerprint density at radius 1 is 1.17 bits per heavy atom. The molecular formula is C28H35N7O. The molecule has 1 unspecified atom stereocenters. The van der Waals surface area contributed by atoms with Crippen molar-refractivity contribution < 1.29 is 4.79 Å². The van der Waals surface area contributed by atoms with Crippen molar-refractivity contribution in [1.82, 2.24) is 35.4 Å². The third-order valence-electron chi connectivity index (χ3n) is 7.99. The predicted molar refractivity (Wildman–Crippen MR) is 140 cm³/mol. The second-order valence-corrected chi connectivity index (χ2v) is 10.4. The predicted octanol–water partition coefficient (Wildman–Crippen LogP) is 3.43. The van der Waals surface area contributed by atoms with Gasteiger partial charge in [-0.05, 0) is 67.1 Å². The highest BCUT2D eigenvalue weighted by atomic mass is 16.2. The van der Waals surface area contributed by atoms with Crippen molar-refractivity contribution >= 4 is 11.7 Å². The molecule has 0 saturated carbocycles. The number of aromatic nitrogens is 2. The summed E-state index contributed by atoms with van der Waals surface area (Å²) in [7, 11) is 0. The molecule has 1 saturated heterocycles. The zero-order valence-corrected chi connectivity index (χ0v) is 21.1. The number of nitrogens with zero attached hydrogens (tertiary/aromatic N) is 4. The average molecular weight is 486 g/mol. The van der Waals surface area contributed by atoms with Crippen molar-refractivity contribution in [1.29, 1.82) is 0 Å². The Hall–Kier alpha value is -3.36. The molecule has 0 aliphatic carbocycles. The van der Waals surface area contributed by atoms with Crippen molar-refractivity contribution in [2.45, 2.75) is 51.7 Å². The highest BCUT2D eigenvalue weighted by Crippen LogP contribution is 2.32. The maximum absolute atomic E-state index is 13.3. The van der Waals surface area contributed by atoms with E-state index in [1.807, 2.05) is 27.8 Å². The minimum absolute atomic E-state index is 0.0462. The minimum atomic E-state index is 0.0462. The van der Waals surface area contributed by atoms with Crippen LogP contribution in [0.1, 0.15) is 47.6 Å². The van der Waals surface area contributed by atoms with Gasteiger partial charge in [0.25, 0.3) is 0 Å². The summed E-state index contributed by atoms with van der Waals surface area (Å²) in [4.78, 5) is 22.1. The number of aryl methyl sites for hydroxylation is 2. The van der Waals surface area contributed by atoms with Crippen LogP contribution >= 0.6 is 0 Å². The molecule has 0 spiro atoms. The minimum Gasteiger partial charge on any atom is -0.334 e. The van der Waals surface area contributed by atoms with Crippen LogP contribution in [0.5, 0.6) is 0 Å². The number of nitrogens with one attached hydrogen (secondary N) is 3. The third kappa shape index (κ3) is 4.47. The zero-order valence-electron chi connectivity index (χ0n) is 21.1. The Morgan fingerprint density at radius 2 is 2.03 bits per heavy atom. The third-order valence-corrected chi connectivity index (χ3v) is 7.99. The van der Waals surface area contributed by atoms with Gasteiger partial charge in [-0.3, -0.25) is 4.90 Å². The normalized spacial score (nSPS) is 22.6. The number of pyridine rings is 1. The van der Waals surface area contributed by atoms with Gasteiger partial charge in [-0.25, -0.2) is 15.2 Å². The summed E-state index contributed by atoms with van der Waals surface area (Å²) >= 11 is 0. The number of urea groups is 1. The fraction of sp³-hybridized carbons (Fsp3) is 0.429. The molecule has 188 valence electrons. The van der Waals surface area contributed by atoms with E-state index in [1.54, 1.807) is 0 Å². The van der Waals surface area contributed by atoms with Crippen LogP contribution in [0.3, 0.4) is 0 Å². The van der Waals surface area contributed by atoms with E-state index in [1.165, 1.54) is 28.0 Å². The molecule has 3 aliphatic rings. The van der Waals surface area contributed by atoms with E-state index in [0.717, 1.165) is 56.7 Å². The van der Waals surface area contributed by atoms with E-state index in [4.69, 9.17) is 0 Å². The molecule has 8 nitrogen and oxygen atoms in total. The first kappa shape index (κ1) is 23.1. The molecule has 6 rings (SSSR count). The van der Waals surface area contributed by atoms with Gasteiger partial charge in [0, 0.05) is 62.9 Å². The lowest BCUT2D eigenvalue weighted by Crippen LogP contribution is -2.52. The average Bonchev–Trinajstić information content (AvgIpc) is 3.52. The summed E-state index contributed by atoms with van der Waals surface area (Å²) in [5.74, 6) is 0. The number of carbonyl (C=O) groups excluding carboxylic acids is 1. The maximum atomic E-state index is 13.3. The highest BCUT2D eigenvalue weighted by molar-refractivity contribution is 5.75. The summed E-state index contributed by atoms with van der Waals surface area (Å²) in [6.07, 6.45) is 8.87. The van der Waals surface area contributed by atoms with Gasteiger partial charge in [0.1, 0.15) is 5.65 Å². The van der Waals surface area contributed by atoms with Gasteiger partial charge in [0.05, 0.1) is 6.04 Å². The van der Waals surface area contributed by atoms with Gasteiger partial charge in [-0.2, -0.15) is 0 Å². The molecule has 3 N–H and O–H groups in total. The zero-order chi connectivity index (χ0) is 24.6. The van der Waals surface area contributed by atoms with Crippen LogP contribution in [0.15, 0.2) is 60.2 Å². The Bertz CT molecular complexity index is 1290. The molecule has 0 radical (unpaired) electrons. The molecule has 1 fully saturated rings. The SMILES string of the molecule is Cc1cccc(C)c1CN1CCC[C@@H](NC(=O)N2CCC3=C(C2)C(c2ccc4nccn4c2)NN3)C1. The number of benzene rings is 1. The standard InChI is InChI=1S/C28H35N7O/c1-19-5-3-6-20(2)23(19)17-33-12-4-7-22(16-33)30-28(36)35-13-10-25-24(18-35)27(32-31-25)21-8-9-26-29-11-14-34(26)15-21/h3,5-6,8-9,11,14-15,22,27,31-32H,4,7,10,12-13,16-18H2,1-2H3,(H,30,36)/t22-,27?/m1/s1. The fourth-order valence-electron chi connectivity index (χ4n) is 5.91. The van der Waals surface area contributed by atoms with E-state index >= 15 is 0 Å². The number of piperidine rings is 1. The summed E-state index contributed by atoms with van der Waals surface area (Å²) in [6.45, 7) is 8.68. The van der Waals surface area contributed by atoms with Crippen LogP contribution in [0.4, 0.5) is 4.79 Å². The lowest BCUT2D eigenvalue weighted by Gasteiger charge is -2.36. The van der Waals surface area contributed by atoms with Crippen molar-refractivity contribution in [2.75, 3.05) is 26.2 Å². The van der Waals surface area contributed by atoms with Crippen molar-refractivity contribution in [3.05, 3.63) is 82.4 Å². The monoisotopic (exact) mass is 485 g/mol. The molecular weight excluding hydrogens is 450 g/mol. The number of likely N-dealkylation sites (tertiary alicyclic amines) is 1. The van der Waals surface area contributed by atoms with Gasteiger partial charge in [0.15, 0.2) is 0 Å². The Labute approximate surface area is 212 Å². The number of fused-ring (bicyclic) bond motifs is 1. The maximum Gasteiger partial charge on any atom is 0.317 e. The van der Waals surface area contributed by atoms with Crippen LogP contribution in [0.25, 0.3) is 5.65 Å². The van der Waals surface area contributed by atoms with Crippen molar-refractivity contribution in [3.63, 3.8) is 0 Å². The van der Waals surface area contributed by atoms with Crippen LogP contribution in [-0.2, 0) is 6.54 Å². The molecule has 2 atom stereocenters. The van der Waals surface area contributed by atoms with Gasteiger partial charge < -0.3 is 20.0 Å². The van der Waals surface area contributed by atoms with Gasteiger partial charge >= 0.3 is 6.03 Å². The Morgan fingerprint density at radius 3 is 2.89 bits per heavy atom. The largest absolute Gasteiger partial charge is 0.334 e. The molecule has 8 heteroatoms. The molecule has 3 aromatic rings. The lowest BCUT2D eigenvalue weighted by molar-refractivity contribution is 0.164. The van der Waals surface area contributed by atoms with Gasteiger partial charge in [-0.15, -0.1) is 0 Å². The number of hydrogen-bond acceptors (Lipinski definition) is 5. The first-order chi connectivity index (χ1) is 17.5. The fourth-order valence-corrected chi connectivity index (χ4v) is 5.91. The second-order valence-electron chi connectivity index (χ2n) is 10.4. The molecule has 3 aliphatic heterocycles. The first-order valence-electron chi connectivity index (χ1n) is 13.0. The van der Waals surface area contributed by atoms with Gasteiger partial charge in [0.2, 0.25) is 0 Å². The number of hydrazine groups is 1. The quantitative estimate of drug-likeness (QED) is 0.528. The number of amides is 2.